The maximum Gasteiger partial charge on any atom is 0.0425 e. The van der Waals surface area contributed by atoms with E-state index in [1.165, 1.54) is 32.3 Å². The first-order valence-corrected chi connectivity index (χ1v) is 6.91. The van der Waals surface area contributed by atoms with Crippen molar-refractivity contribution in [2.24, 2.45) is 11.5 Å². The fourth-order valence-electron chi connectivity index (χ4n) is 3.21. The van der Waals surface area contributed by atoms with E-state index in [1.807, 2.05) is 0 Å². The Morgan fingerprint density at radius 2 is 1.33 bits per heavy atom. The maximum atomic E-state index is 6.17. The monoisotopic (exact) mass is 296 g/mol. The van der Waals surface area contributed by atoms with Crippen LogP contribution in [0, 0.1) is 0 Å². The van der Waals surface area contributed by atoms with E-state index in [9.17, 15) is 0 Å². The summed E-state index contributed by atoms with van der Waals surface area (Å²) in [4.78, 5) is 0. The second-order valence-electron chi connectivity index (χ2n) is 5.35. The number of rotatable bonds is 2. The van der Waals surface area contributed by atoms with E-state index in [2.05, 4.69) is 54.6 Å². The lowest BCUT2D eigenvalue weighted by atomic mass is 9.90. The van der Waals surface area contributed by atoms with Crippen LogP contribution in [0.4, 0.5) is 0 Å². The van der Waals surface area contributed by atoms with E-state index in [1.54, 1.807) is 0 Å². The van der Waals surface area contributed by atoms with Gasteiger partial charge >= 0.3 is 0 Å². The predicted octanol–water partition coefficient (Wildman–Crippen LogP) is 3.96. The maximum absolute atomic E-state index is 6.17. The first-order valence-electron chi connectivity index (χ1n) is 6.91. The molecule has 0 unspecified atom stereocenters. The van der Waals surface area contributed by atoms with Crippen molar-refractivity contribution in [2.45, 2.75) is 6.04 Å². The van der Waals surface area contributed by atoms with E-state index < -0.39 is 0 Å². The van der Waals surface area contributed by atoms with Crippen LogP contribution in [0.5, 0.6) is 0 Å². The van der Waals surface area contributed by atoms with Crippen LogP contribution in [0.3, 0.4) is 0 Å². The van der Waals surface area contributed by atoms with E-state index in [0.717, 1.165) is 5.56 Å². The molecule has 106 valence electrons. The molecule has 2 nitrogen and oxygen atoms in total. The van der Waals surface area contributed by atoms with Gasteiger partial charge < -0.3 is 11.5 Å². The molecule has 3 heteroatoms. The molecule has 21 heavy (non-hydrogen) atoms. The highest BCUT2D eigenvalue weighted by molar-refractivity contribution is 6.23. The topological polar surface area (TPSA) is 52.0 Å². The molecule has 0 aliphatic heterocycles. The fourth-order valence-corrected chi connectivity index (χ4v) is 3.21. The summed E-state index contributed by atoms with van der Waals surface area (Å²) in [5.41, 5.74) is 13.1. The molecule has 0 saturated heterocycles. The van der Waals surface area contributed by atoms with Gasteiger partial charge in [0.1, 0.15) is 0 Å². The number of halogens is 1. The van der Waals surface area contributed by atoms with Gasteiger partial charge in [-0.2, -0.15) is 0 Å². The second-order valence-corrected chi connectivity index (χ2v) is 5.35. The highest BCUT2D eigenvalue weighted by Crippen LogP contribution is 2.36. The molecule has 0 radical (unpaired) electrons. The van der Waals surface area contributed by atoms with Crippen molar-refractivity contribution in [1.82, 2.24) is 0 Å². The first kappa shape index (κ1) is 14.1. The summed E-state index contributed by atoms with van der Waals surface area (Å²) in [5.74, 6) is 0. The highest BCUT2D eigenvalue weighted by Gasteiger charge is 2.13. The summed E-state index contributed by atoms with van der Waals surface area (Å²) in [7, 11) is 0. The van der Waals surface area contributed by atoms with Crippen molar-refractivity contribution < 1.29 is 0 Å². The molecule has 0 heterocycles. The molecule has 0 saturated carbocycles. The third-order valence-corrected chi connectivity index (χ3v) is 4.22. The molecule has 0 aliphatic rings. The molecular weight excluding hydrogens is 280 g/mol. The van der Waals surface area contributed by atoms with E-state index >= 15 is 0 Å². The smallest absolute Gasteiger partial charge is 0.0425 e. The number of hydrogen-bond donors (Lipinski definition) is 2. The van der Waals surface area contributed by atoms with Crippen molar-refractivity contribution in [3.8, 4) is 0 Å². The number of nitrogens with two attached hydrogens (primary N) is 2. The van der Waals surface area contributed by atoms with E-state index in [4.69, 9.17) is 11.5 Å². The van der Waals surface area contributed by atoms with Crippen molar-refractivity contribution in [2.75, 3.05) is 6.54 Å². The average Bonchev–Trinajstić information content (AvgIpc) is 2.51. The Kier molecular flexibility index (Phi) is 3.46. The van der Waals surface area contributed by atoms with Gasteiger partial charge in [-0.15, -0.1) is 12.4 Å². The van der Waals surface area contributed by atoms with Gasteiger partial charge in [0.2, 0.25) is 0 Å². The molecule has 4 rings (SSSR count). The van der Waals surface area contributed by atoms with Crippen LogP contribution in [0.15, 0.2) is 54.6 Å². The zero-order chi connectivity index (χ0) is 13.7. The zero-order valence-electron chi connectivity index (χ0n) is 11.5. The lowest BCUT2D eigenvalue weighted by Crippen LogP contribution is -2.20. The number of hydrogen-bond acceptors (Lipinski definition) is 2. The fraction of sp³-hybridized carbons (Fsp3) is 0.111. The molecular formula is C18H17ClN2. The third-order valence-electron chi connectivity index (χ3n) is 4.22. The van der Waals surface area contributed by atoms with Gasteiger partial charge in [0.25, 0.3) is 0 Å². The van der Waals surface area contributed by atoms with Crippen molar-refractivity contribution in [3.63, 3.8) is 0 Å². The van der Waals surface area contributed by atoms with Crippen molar-refractivity contribution in [1.29, 1.82) is 0 Å². The summed E-state index contributed by atoms with van der Waals surface area (Å²) in [5, 5.41) is 7.68. The lowest BCUT2D eigenvalue weighted by molar-refractivity contribution is 0.743. The summed E-state index contributed by atoms with van der Waals surface area (Å²) in [6, 6.07) is 19.3. The molecule has 0 aliphatic carbocycles. The second kappa shape index (κ2) is 5.15. The average molecular weight is 297 g/mol. The van der Waals surface area contributed by atoms with Gasteiger partial charge in [-0.3, -0.25) is 0 Å². The van der Waals surface area contributed by atoms with Gasteiger partial charge in [-0.1, -0.05) is 54.6 Å². The normalized spacial score (nSPS) is 12.9. The molecule has 0 fully saturated rings. The van der Waals surface area contributed by atoms with Crippen LogP contribution in [0.2, 0.25) is 0 Å². The predicted molar refractivity (Wildman–Crippen MR) is 93.4 cm³/mol. The number of benzene rings is 4. The minimum atomic E-state index is -0.112. The van der Waals surface area contributed by atoms with Gasteiger partial charge in [-0.05, 0) is 37.9 Å². The van der Waals surface area contributed by atoms with Gasteiger partial charge in [0.05, 0.1) is 0 Å². The highest BCUT2D eigenvalue weighted by atomic mass is 35.5. The summed E-state index contributed by atoms with van der Waals surface area (Å²) < 4.78 is 0. The summed E-state index contributed by atoms with van der Waals surface area (Å²) in [6.07, 6.45) is 0. The molecule has 4 aromatic carbocycles. The molecule has 0 amide bonds. The van der Waals surface area contributed by atoms with Gasteiger partial charge in [0, 0.05) is 12.6 Å². The molecule has 1 atom stereocenters. The molecule has 0 spiro atoms. The Hall–Kier alpha value is -1.87. The van der Waals surface area contributed by atoms with Gasteiger partial charge in [-0.25, -0.2) is 0 Å². The SMILES string of the molecule is Cl.NC[C@H](N)c1ccc2ccc3cccc4ccc1c2c34. The Morgan fingerprint density at radius 3 is 2.00 bits per heavy atom. The largest absolute Gasteiger partial charge is 0.329 e. The third kappa shape index (κ3) is 1.95. The summed E-state index contributed by atoms with van der Waals surface area (Å²) in [6.45, 7) is 0.462. The first-order chi connectivity index (χ1) is 9.79. The van der Waals surface area contributed by atoms with Crippen LogP contribution in [-0.4, -0.2) is 6.54 Å². The van der Waals surface area contributed by atoms with Crippen molar-refractivity contribution in [3.05, 3.63) is 60.2 Å². The van der Waals surface area contributed by atoms with Gasteiger partial charge in [0.15, 0.2) is 0 Å². The molecule has 0 bridgehead atoms. The van der Waals surface area contributed by atoms with Crippen LogP contribution in [0.1, 0.15) is 11.6 Å². The van der Waals surface area contributed by atoms with E-state index in [-0.39, 0.29) is 18.4 Å². The molecule has 4 N–H and O–H groups in total. The van der Waals surface area contributed by atoms with Crippen LogP contribution in [0.25, 0.3) is 32.3 Å². The van der Waals surface area contributed by atoms with Crippen LogP contribution < -0.4 is 11.5 Å². The zero-order valence-corrected chi connectivity index (χ0v) is 12.4. The van der Waals surface area contributed by atoms with E-state index in [0.29, 0.717) is 6.54 Å². The minimum Gasteiger partial charge on any atom is -0.329 e. The lowest BCUT2D eigenvalue weighted by Gasteiger charge is -2.16. The Labute approximate surface area is 129 Å². The molecule has 0 aromatic heterocycles. The van der Waals surface area contributed by atoms with Crippen LogP contribution in [-0.2, 0) is 0 Å². The Balaban J connectivity index is 0.00000132. The minimum absolute atomic E-state index is 0. The standard InChI is InChI=1S/C18H16N2.ClH/c19-10-16(20)14-8-6-13-5-4-11-2-1-3-12-7-9-15(14)18(13)17(11)12;/h1-9,16H,10,19-20H2;1H/t16-;/m0./s1. The van der Waals surface area contributed by atoms with Crippen LogP contribution >= 0.6 is 12.4 Å². The quantitative estimate of drug-likeness (QED) is 0.550. The van der Waals surface area contributed by atoms with Crippen molar-refractivity contribution >= 4 is 44.7 Å². The Bertz CT molecular complexity index is 901. The Morgan fingerprint density at radius 1 is 0.762 bits per heavy atom. The summed E-state index contributed by atoms with van der Waals surface area (Å²) >= 11 is 0. The molecule has 4 aromatic rings.